The van der Waals surface area contributed by atoms with Crippen LogP contribution in [0.2, 0.25) is 25.7 Å². The number of rotatable bonds is 10. The maximum atomic E-state index is 13.4. The van der Waals surface area contributed by atoms with Gasteiger partial charge >= 0.3 is 10.2 Å². The first-order chi connectivity index (χ1) is 17.6. The van der Waals surface area contributed by atoms with E-state index in [9.17, 15) is 13.2 Å². The van der Waals surface area contributed by atoms with Gasteiger partial charge in [-0.1, -0.05) is 98.5 Å². The minimum absolute atomic E-state index is 0.216. The van der Waals surface area contributed by atoms with Gasteiger partial charge in [-0.05, 0) is 41.3 Å². The fourth-order valence-electron chi connectivity index (χ4n) is 4.05. The van der Waals surface area contributed by atoms with Gasteiger partial charge in [0.2, 0.25) is 0 Å². The molecule has 1 fully saturated rings. The zero-order chi connectivity index (χ0) is 26.5. The van der Waals surface area contributed by atoms with E-state index in [1.807, 2.05) is 66.7 Å². The number of carbonyl (C=O) groups excluding carboxylic acids is 1. The van der Waals surface area contributed by atoms with Crippen LogP contribution in [0.15, 0.2) is 84.9 Å². The van der Waals surface area contributed by atoms with Crippen molar-refractivity contribution in [3.8, 4) is 5.75 Å². The minimum Gasteiger partial charge on any atom is -0.487 e. The number of carbonyl (C=O) groups is 1. The van der Waals surface area contributed by atoms with Crippen molar-refractivity contribution in [3.63, 3.8) is 0 Å². The van der Waals surface area contributed by atoms with E-state index in [4.69, 9.17) is 4.74 Å². The van der Waals surface area contributed by atoms with Gasteiger partial charge in [-0.15, -0.1) is 0 Å². The van der Waals surface area contributed by atoms with E-state index < -0.39 is 24.2 Å². The Hall–Kier alpha value is -3.36. The second-order valence-corrected chi connectivity index (χ2v) is 17.8. The Balaban J connectivity index is 1.61. The molecule has 37 heavy (non-hydrogen) atoms. The molecule has 0 spiro atoms. The molecule has 0 bridgehead atoms. The van der Waals surface area contributed by atoms with Crippen LogP contribution in [-0.4, -0.2) is 39.8 Å². The van der Waals surface area contributed by atoms with Gasteiger partial charge in [0, 0.05) is 14.6 Å². The van der Waals surface area contributed by atoms with Crippen molar-refractivity contribution in [2.75, 3.05) is 17.4 Å². The maximum absolute atomic E-state index is 13.4. The van der Waals surface area contributed by atoms with Crippen molar-refractivity contribution in [3.05, 3.63) is 102 Å². The molecule has 0 N–H and O–H groups in total. The average molecular weight is 535 g/mol. The smallest absolute Gasteiger partial charge is 0.329 e. The highest BCUT2D eigenvalue weighted by atomic mass is 32.2. The molecule has 4 rings (SSSR count). The van der Waals surface area contributed by atoms with Gasteiger partial charge in [-0.25, -0.2) is 8.61 Å². The monoisotopic (exact) mass is 534 g/mol. The highest BCUT2D eigenvalue weighted by Gasteiger charge is 2.43. The fourth-order valence-corrected chi connectivity index (χ4v) is 6.66. The van der Waals surface area contributed by atoms with Crippen molar-refractivity contribution in [1.29, 1.82) is 0 Å². The van der Waals surface area contributed by atoms with Gasteiger partial charge in [-0.3, -0.25) is 4.79 Å². The van der Waals surface area contributed by atoms with E-state index in [0.29, 0.717) is 17.5 Å². The standard InChI is InChI=1S/C29H34N2O4SSi/c1-37(2,3)20-19-30-29(32)22-31(36(30,33)34)27-18-17-25(16-10-15-24-11-6-4-7-12-24)21-28(27)35-23-26-13-8-5-9-14-26/h4-14,16-18,21H,15,19-20,22-23H2,1-3H3/b16-10+. The first-order valence-corrected chi connectivity index (χ1v) is 17.6. The summed E-state index contributed by atoms with van der Waals surface area (Å²) in [6.45, 7) is 6.77. The maximum Gasteiger partial charge on any atom is 0.329 e. The summed E-state index contributed by atoms with van der Waals surface area (Å²) < 4.78 is 35.2. The summed E-state index contributed by atoms with van der Waals surface area (Å²) in [7, 11) is -5.52. The number of nitrogens with zero attached hydrogens (tertiary/aromatic N) is 2. The van der Waals surface area contributed by atoms with Crippen molar-refractivity contribution >= 4 is 36.0 Å². The Morgan fingerprint density at radius 3 is 2.22 bits per heavy atom. The summed E-state index contributed by atoms with van der Waals surface area (Å²) in [6, 6.07) is 26.0. The van der Waals surface area contributed by atoms with Crippen molar-refractivity contribution in [1.82, 2.24) is 4.31 Å². The summed E-state index contributed by atoms with van der Waals surface area (Å²) in [4.78, 5) is 12.8. The molecule has 1 heterocycles. The normalized spacial score (nSPS) is 15.5. The first-order valence-electron chi connectivity index (χ1n) is 12.5. The van der Waals surface area contributed by atoms with E-state index in [1.165, 1.54) is 9.87 Å². The lowest BCUT2D eigenvalue weighted by molar-refractivity contribution is -0.123. The molecule has 0 unspecified atom stereocenters. The second-order valence-electron chi connectivity index (χ2n) is 10.4. The van der Waals surface area contributed by atoms with Gasteiger partial charge in [0.05, 0.1) is 5.69 Å². The van der Waals surface area contributed by atoms with Crippen molar-refractivity contribution in [2.24, 2.45) is 0 Å². The number of benzene rings is 3. The molecule has 0 radical (unpaired) electrons. The average Bonchev–Trinajstić information content (AvgIpc) is 3.09. The third-order valence-corrected chi connectivity index (χ3v) is 9.72. The number of allylic oxidation sites excluding steroid dienone is 1. The Morgan fingerprint density at radius 2 is 1.57 bits per heavy atom. The van der Waals surface area contributed by atoms with Crippen LogP contribution in [-0.2, 0) is 28.0 Å². The highest BCUT2D eigenvalue weighted by Crippen LogP contribution is 2.36. The van der Waals surface area contributed by atoms with E-state index in [-0.39, 0.29) is 19.7 Å². The lowest BCUT2D eigenvalue weighted by Gasteiger charge is -2.24. The van der Waals surface area contributed by atoms with Crippen LogP contribution in [0.3, 0.4) is 0 Å². The zero-order valence-corrected chi connectivity index (χ0v) is 23.4. The van der Waals surface area contributed by atoms with Crippen LogP contribution in [0.1, 0.15) is 16.7 Å². The van der Waals surface area contributed by atoms with Crippen LogP contribution in [0.4, 0.5) is 5.69 Å². The molecule has 0 atom stereocenters. The van der Waals surface area contributed by atoms with Gasteiger partial charge in [-0.2, -0.15) is 8.42 Å². The largest absolute Gasteiger partial charge is 0.487 e. The quantitative estimate of drug-likeness (QED) is 0.311. The molecule has 3 aromatic rings. The molecule has 1 saturated heterocycles. The molecular formula is C29H34N2O4SSi. The summed E-state index contributed by atoms with van der Waals surface area (Å²) >= 11 is 0. The number of hydrogen-bond donors (Lipinski definition) is 0. The van der Waals surface area contributed by atoms with Crippen molar-refractivity contribution < 1.29 is 17.9 Å². The van der Waals surface area contributed by atoms with E-state index in [0.717, 1.165) is 21.9 Å². The number of hydrogen-bond acceptors (Lipinski definition) is 4. The Kier molecular flexibility index (Phi) is 8.19. The van der Waals surface area contributed by atoms with Crippen LogP contribution in [0.25, 0.3) is 6.08 Å². The molecule has 1 aliphatic heterocycles. The van der Waals surface area contributed by atoms with Gasteiger partial charge in [0.15, 0.2) is 0 Å². The van der Waals surface area contributed by atoms with Gasteiger partial charge < -0.3 is 4.74 Å². The predicted octanol–water partition coefficient (Wildman–Crippen LogP) is 5.75. The van der Waals surface area contributed by atoms with Gasteiger partial charge in [0.25, 0.3) is 5.91 Å². The van der Waals surface area contributed by atoms with Crippen LogP contribution >= 0.6 is 0 Å². The highest BCUT2D eigenvalue weighted by molar-refractivity contribution is 7.91. The van der Waals surface area contributed by atoms with E-state index in [1.54, 1.807) is 6.07 Å². The second kappa shape index (κ2) is 11.4. The number of amides is 1. The SMILES string of the molecule is C[Si](C)(C)CCN1C(=O)CN(c2ccc(/C=C/Cc3ccccc3)cc2OCc2ccccc2)S1(=O)=O. The molecule has 1 aliphatic rings. The molecule has 0 saturated carbocycles. The third kappa shape index (κ3) is 6.90. The van der Waals surface area contributed by atoms with Gasteiger partial charge in [0.1, 0.15) is 18.9 Å². The summed E-state index contributed by atoms with van der Waals surface area (Å²) in [5.41, 5.74) is 3.44. The lowest BCUT2D eigenvalue weighted by atomic mass is 10.1. The van der Waals surface area contributed by atoms with E-state index in [2.05, 4.69) is 37.8 Å². The molecule has 1 amide bonds. The predicted molar refractivity (Wildman–Crippen MR) is 153 cm³/mol. The molecular weight excluding hydrogens is 500 g/mol. The summed E-state index contributed by atoms with van der Waals surface area (Å²) in [5.74, 6) is 0.0215. The Morgan fingerprint density at radius 1 is 0.919 bits per heavy atom. The van der Waals surface area contributed by atoms with Crippen molar-refractivity contribution in [2.45, 2.75) is 38.7 Å². The lowest BCUT2D eigenvalue weighted by Crippen LogP contribution is -2.37. The van der Waals surface area contributed by atoms with Crippen LogP contribution in [0.5, 0.6) is 5.75 Å². The van der Waals surface area contributed by atoms with Crippen LogP contribution in [0, 0.1) is 0 Å². The van der Waals surface area contributed by atoms with E-state index >= 15 is 0 Å². The zero-order valence-electron chi connectivity index (χ0n) is 21.6. The topological polar surface area (TPSA) is 66.9 Å². The molecule has 0 aromatic heterocycles. The molecule has 194 valence electrons. The Labute approximate surface area is 221 Å². The fraction of sp³-hybridized carbons (Fsp3) is 0.276. The minimum atomic E-state index is -3.98. The third-order valence-electron chi connectivity index (χ3n) is 6.18. The first kappa shape index (κ1) is 26.7. The molecule has 8 heteroatoms. The number of ether oxygens (including phenoxy) is 1. The molecule has 0 aliphatic carbocycles. The Bertz CT molecular complexity index is 1350. The molecule has 6 nitrogen and oxygen atoms in total. The summed E-state index contributed by atoms with van der Waals surface area (Å²) in [5, 5.41) is 0. The number of anilines is 1. The van der Waals surface area contributed by atoms with Crippen LogP contribution < -0.4 is 9.04 Å². The summed E-state index contributed by atoms with van der Waals surface area (Å²) in [6.07, 6.45) is 4.85. The molecule has 3 aromatic carbocycles.